The Morgan fingerprint density at radius 3 is 2.32 bits per heavy atom. The topological polar surface area (TPSA) is 101 Å². The van der Waals surface area contributed by atoms with Gasteiger partial charge in [-0.25, -0.2) is 4.79 Å². The van der Waals surface area contributed by atoms with Gasteiger partial charge in [0.1, 0.15) is 11.6 Å². The van der Waals surface area contributed by atoms with Gasteiger partial charge in [-0.1, -0.05) is 32.3 Å². The number of hydrogen-bond donors (Lipinski definition) is 1. The van der Waals surface area contributed by atoms with Crippen molar-refractivity contribution in [2.45, 2.75) is 66.0 Å². The van der Waals surface area contributed by atoms with Gasteiger partial charge in [0.25, 0.3) is 0 Å². The summed E-state index contributed by atoms with van der Waals surface area (Å²) in [6.07, 6.45) is 0.898. The van der Waals surface area contributed by atoms with E-state index in [9.17, 15) is 9.59 Å². The lowest BCUT2D eigenvalue weighted by molar-refractivity contribution is -0.135. The molecule has 1 aromatic heterocycles. The van der Waals surface area contributed by atoms with Crippen LogP contribution in [0.5, 0.6) is 0 Å². The van der Waals surface area contributed by atoms with E-state index in [1.807, 2.05) is 25.7 Å². The van der Waals surface area contributed by atoms with Crippen molar-refractivity contribution in [1.29, 1.82) is 0 Å². The van der Waals surface area contributed by atoms with Crippen molar-refractivity contribution in [3.8, 4) is 0 Å². The van der Waals surface area contributed by atoms with Crippen LogP contribution in [0.3, 0.4) is 0 Å². The van der Waals surface area contributed by atoms with Crippen LogP contribution in [0.15, 0.2) is 4.42 Å². The average Bonchev–Trinajstić information content (AvgIpc) is 3.13. The highest BCUT2D eigenvalue weighted by molar-refractivity contribution is 5.86. The number of piperazine rings is 1. The fourth-order valence-electron chi connectivity index (χ4n) is 2.95. The standard InChI is InChI=1S/C19H33N5O4/c1-7-13(3)15(20-18(26)28-19(4,5)6)16(25)23-9-11-24(12-10-23)17-22-21-14(8-2)27-17/h13,15H,7-12H2,1-6H3,(H,20,26). The number of alkyl carbamates (subject to hydrolysis) is 1. The van der Waals surface area contributed by atoms with Crippen LogP contribution in [0, 0.1) is 5.92 Å². The molecule has 1 fully saturated rings. The summed E-state index contributed by atoms with van der Waals surface area (Å²) in [6.45, 7) is 13.6. The molecule has 1 saturated heterocycles. The molecule has 1 N–H and O–H groups in total. The number of carbonyl (C=O) groups is 2. The largest absolute Gasteiger partial charge is 0.444 e. The van der Waals surface area contributed by atoms with E-state index in [1.54, 1.807) is 25.7 Å². The highest BCUT2D eigenvalue weighted by Gasteiger charge is 2.33. The lowest BCUT2D eigenvalue weighted by Gasteiger charge is -2.37. The molecular formula is C19H33N5O4. The molecule has 2 rings (SSSR count). The van der Waals surface area contributed by atoms with Gasteiger partial charge in [-0.2, -0.15) is 0 Å². The van der Waals surface area contributed by atoms with Crippen molar-refractivity contribution in [1.82, 2.24) is 20.4 Å². The molecule has 0 aromatic carbocycles. The summed E-state index contributed by atoms with van der Waals surface area (Å²) in [5.74, 6) is 0.521. The minimum Gasteiger partial charge on any atom is -0.444 e. The molecule has 158 valence electrons. The Morgan fingerprint density at radius 1 is 1.18 bits per heavy atom. The van der Waals surface area contributed by atoms with E-state index in [4.69, 9.17) is 9.15 Å². The maximum atomic E-state index is 13.1. The van der Waals surface area contributed by atoms with Crippen LogP contribution < -0.4 is 10.2 Å². The summed E-state index contributed by atoms with van der Waals surface area (Å²) in [4.78, 5) is 29.0. The van der Waals surface area contributed by atoms with Crippen molar-refractivity contribution in [2.75, 3.05) is 31.1 Å². The van der Waals surface area contributed by atoms with Crippen LogP contribution in [0.4, 0.5) is 10.8 Å². The molecule has 1 aromatic rings. The van der Waals surface area contributed by atoms with Crippen molar-refractivity contribution >= 4 is 18.0 Å². The molecule has 2 unspecified atom stereocenters. The van der Waals surface area contributed by atoms with E-state index in [0.29, 0.717) is 44.5 Å². The second kappa shape index (κ2) is 9.25. The first kappa shape index (κ1) is 22.0. The summed E-state index contributed by atoms with van der Waals surface area (Å²) >= 11 is 0. The van der Waals surface area contributed by atoms with Gasteiger partial charge in [-0.3, -0.25) is 4.79 Å². The molecule has 2 amide bonds. The molecule has 9 heteroatoms. The molecule has 0 spiro atoms. The normalized spacial score (nSPS) is 17.2. The maximum absolute atomic E-state index is 13.1. The van der Waals surface area contributed by atoms with Crippen molar-refractivity contribution in [2.24, 2.45) is 5.92 Å². The number of anilines is 1. The second-order valence-corrected chi connectivity index (χ2v) is 8.15. The molecule has 0 aliphatic carbocycles. The van der Waals surface area contributed by atoms with Crippen LogP contribution in [0.2, 0.25) is 0 Å². The zero-order chi connectivity index (χ0) is 20.9. The number of hydrogen-bond acceptors (Lipinski definition) is 7. The monoisotopic (exact) mass is 395 g/mol. The third-order valence-corrected chi connectivity index (χ3v) is 4.77. The van der Waals surface area contributed by atoms with Gasteiger partial charge in [0.2, 0.25) is 11.8 Å². The maximum Gasteiger partial charge on any atom is 0.408 e. The SMILES string of the molecule is CCc1nnc(N2CCN(C(=O)C(NC(=O)OC(C)(C)C)C(C)CC)CC2)o1. The third kappa shape index (κ3) is 5.84. The van der Waals surface area contributed by atoms with E-state index in [2.05, 4.69) is 15.5 Å². The molecule has 0 bridgehead atoms. The molecular weight excluding hydrogens is 362 g/mol. The highest BCUT2D eigenvalue weighted by atomic mass is 16.6. The molecule has 1 aliphatic rings. The predicted octanol–water partition coefficient (Wildman–Crippen LogP) is 2.22. The van der Waals surface area contributed by atoms with Crippen LogP contribution in [0.25, 0.3) is 0 Å². The number of amides is 2. The van der Waals surface area contributed by atoms with Gasteiger partial charge >= 0.3 is 12.1 Å². The molecule has 0 saturated carbocycles. The number of nitrogens with one attached hydrogen (secondary N) is 1. The number of aromatic nitrogens is 2. The van der Waals surface area contributed by atoms with Crippen LogP contribution >= 0.6 is 0 Å². The number of rotatable bonds is 6. The van der Waals surface area contributed by atoms with E-state index in [0.717, 1.165) is 6.42 Å². The number of aryl methyl sites for hydroxylation is 1. The first-order chi connectivity index (χ1) is 13.1. The van der Waals surface area contributed by atoms with Gasteiger partial charge in [-0.15, -0.1) is 5.10 Å². The zero-order valence-electron chi connectivity index (χ0n) is 17.8. The van der Waals surface area contributed by atoms with Gasteiger partial charge < -0.3 is 24.3 Å². The number of nitrogens with zero attached hydrogens (tertiary/aromatic N) is 4. The highest BCUT2D eigenvalue weighted by Crippen LogP contribution is 2.18. The zero-order valence-corrected chi connectivity index (χ0v) is 17.8. The van der Waals surface area contributed by atoms with Crippen molar-refractivity contribution in [3.05, 3.63) is 5.89 Å². The summed E-state index contributed by atoms with van der Waals surface area (Å²) in [5, 5.41) is 10.8. The molecule has 1 aliphatic heterocycles. The summed E-state index contributed by atoms with van der Waals surface area (Å²) in [7, 11) is 0. The van der Waals surface area contributed by atoms with E-state index in [-0.39, 0.29) is 11.8 Å². The first-order valence-corrected chi connectivity index (χ1v) is 10.00. The minimum absolute atomic E-state index is 0.00102. The Labute approximate surface area is 166 Å². The number of carbonyl (C=O) groups excluding carboxylic acids is 2. The Balaban J connectivity index is 1.98. The fraction of sp³-hybridized carbons (Fsp3) is 0.789. The lowest BCUT2D eigenvalue weighted by atomic mass is 9.97. The first-order valence-electron chi connectivity index (χ1n) is 10.00. The molecule has 0 radical (unpaired) electrons. The third-order valence-electron chi connectivity index (χ3n) is 4.77. The van der Waals surface area contributed by atoms with E-state index < -0.39 is 17.7 Å². The Morgan fingerprint density at radius 2 is 1.82 bits per heavy atom. The second-order valence-electron chi connectivity index (χ2n) is 8.15. The van der Waals surface area contributed by atoms with Crippen LogP contribution in [-0.4, -0.2) is 64.9 Å². The smallest absolute Gasteiger partial charge is 0.408 e. The Kier molecular flexibility index (Phi) is 7.26. The van der Waals surface area contributed by atoms with E-state index in [1.165, 1.54) is 0 Å². The molecule has 2 atom stereocenters. The molecule has 2 heterocycles. The van der Waals surface area contributed by atoms with Crippen LogP contribution in [-0.2, 0) is 16.0 Å². The molecule has 28 heavy (non-hydrogen) atoms. The number of ether oxygens (including phenoxy) is 1. The summed E-state index contributed by atoms with van der Waals surface area (Å²) < 4.78 is 10.9. The Hall–Kier alpha value is -2.32. The quantitative estimate of drug-likeness (QED) is 0.788. The van der Waals surface area contributed by atoms with Gasteiger partial charge in [-0.05, 0) is 26.7 Å². The van der Waals surface area contributed by atoms with E-state index >= 15 is 0 Å². The fourth-order valence-corrected chi connectivity index (χ4v) is 2.95. The minimum atomic E-state index is -0.611. The van der Waals surface area contributed by atoms with Crippen LogP contribution in [0.1, 0.15) is 53.9 Å². The summed E-state index contributed by atoms with van der Waals surface area (Å²) in [6, 6.07) is -0.115. The van der Waals surface area contributed by atoms with Crippen molar-refractivity contribution < 1.29 is 18.7 Å². The van der Waals surface area contributed by atoms with Gasteiger partial charge in [0, 0.05) is 32.6 Å². The van der Waals surface area contributed by atoms with Gasteiger partial charge in [0.15, 0.2) is 0 Å². The predicted molar refractivity (Wildman–Crippen MR) is 105 cm³/mol. The Bertz CT molecular complexity index is 662. The average molecular weight is 396 g/mol. The lowest BCUT2D eigenvalue weighted by Crippen LogP contribution is -2.57. The molecule has 9 nitrogen and oxygen atoms in total. The van der Waals surface area contributed by atoms with Gasteiger partial charge in [0.05, 0.1) is 0 Å². The summed E-state index contributed by atoms with van der Waals surface area (Å²) in [5.41, 5.74) is -0.611. The van der Waals surface area contributed by atoms with Crippen molar-refractivity contribution in [3.63, 3.8) is 0 Å².